The van der Waals surface area contributed by atoms with Crippen LogP contribution in [0.1, 0.15) is 46.0 Å². The van der Waals surface area contributed by atoms with Gasteiger partial charge < -0.3 is 14.6 Å². The first-order chi connectivity index (χ1) is 9.32. The second-order valence-electron chi connectivity index (χ2n) is 4.63. The van der Waals surface area contributed by atoms with Crippen molar-refractivity contribution in [3.63, 3.8) is 0 Å². The quantitative estimate of drug-likeness (QED) is 0.375. The zero-order chi connectivity index (χ0) is 15.5. The van der Waals surface area contributed by atoms with Crippen LogP contribution in [0.4, 0.5) is 0 Å². The van der Waals surface area contributed by atoms with Crippen molar-refractivity contribution < 1.29 is 29.0 Å². The van der Waals surface area contributed by atoms with Gasteiger partial charge in [-0.2, -0.15) is 0 Å². The highest BCUT2D eigenvalue weighted by atomic mass is 16.6. The number of ether oxygens (including phenoxy) is 2. The molecule has 0 amide bonds. The van der Waals surface area contributed by atoms with Crippen LogP contribution in [0.2, 0.25) is 0 Å². The summed E-state index contributed by atoms with van der Waals surface area (Å²) in [6.45, 7) is 6.62. The third-order valence-corrected chi connectivity index (χ3v) is 2.41. The summed E-state index contributed by atoms with van der Waals surface area (Å²) in [5, 5.41) is 8.44. The van der Waals surface area contributed by atoms with Gasteiger partial charge in [-0.1, -0.05) is 13.0 Å². The van der Waals surface area contributed by atoms with Gasteiger partial charge in [0.05, 0.1) is 0 Å². The summed E-state index contributed by atoms with van der Waals surface area (Å²) in [7, 11) is 0. The highest BCUT2D eigenvalue weighted by molar-refractivity contribution is 5.87. The molecule has 0 saturated carbocycles. The molecule has 6 nitrogen and oxygen atoms in total. The molecular formula is C14H22O6. The van der Waals surface area contributed by atoms with Crippen LogP contribution in [0.5, 0.6) is 0 Å². The number of carbonyl (C=O) groups excluding carboxylic acids is 2. The maximum atomic E-state index is 11.4. The second-order valence-corrected chi connectivity index (χ2v) is 4.63. The van der Waals surface area contributed by atoms with Gasteiger partial charge in [-0.3, -0.25) is 9.59 Å². The number of rotatable bonds is 10. The third kappa shape index (κ3) is 10.1. The molecule has 20 heavy (non-hydrogen) atoms. The minimum atomic E-state index is -0.833. The van der Waals surface area contributed by atoms with Gasteiger partial charge in [-0.25, -0.2) is 4.79 Å². The number of carbonyl (C=O) groups is 3. The molecule has 1 atom stereocenters. The lowest BCUT2D eigenvalue weighted by Crippen LogP contribution is -2.22. The first-order valence-corrected chi connectivity index (χ1v) is 6.56. The Kier molecular flexibility index (Phi) is 9.07. The van der Waals surface area contributed by atoms with Crippen LogP contribution in [0.25, 0.3) is 0 Å². The maximum Gasteiger partial charge on any atom is 0.333 e. The van der Waals surface area contributed by atoms with Gasteiger partial charge in [0.25, 0.3) is 0 Å². The molecule has 0 rings (SSSR count). The van der Waals surface area contributed by atoms with Crippen molar-refractivity contribution in [1.29, 1.82) is 0 Å². The number of carboxylic acid groups (broad SMARTS) is 1. The average molecular weight is 286 g/mol. The molecule has 0 radical (unpaired) electrons. The highest BCUT2D eigenvalue weighted by Gasteiger charge is 2.12. The largest absolute Gasteiger partial charge is 0.481 e. The van der Waals surface area contributed by atoms with Gasteiger partial charge in [0, 0.05) is 18.4 Å². The summed E-state index contributed by atoms with van der Waals surface area (Å²) < 4.78 is 9.90. The van der Waals surface area contributed by atoms with Crippen molar-refractivity contribution in [2.45, 2.75) is 52.1 Å². The SMILES string of the molecule is C=C(C)C(=O)OC(C)COC(=O)CCCCCC(=O)O. The molecule has 0 saturated heterocycles. The molecule has 6 heteroatoms. The maximum absolute atomic E-state index is 11.4. The topological polar surface area (TPSA) is 89.9 Å². The summed E-state index contributed by atoms with van der Waals surface area (Å²) in [5.41, 5.74) is 0.293. The number of esters is 2. The van der Waals surface area contributed by atoms with Crippen molar-refractivity contribution in [3.05, 3.63) is 12.2 Å². The van der Waals surface area contributed by atoms with E-state index in [2.05, 4.69) is 6.58 Å². The van der Waals surface area contributed by atoms with Crippen molar-refractivity contribution in [2.24, 2.45) is 0 Å². The summed E-state index contributed by atoms with van der Waals surface area (Å²) >= 11 is 0. The fourth-order valence-electron chi connectivity index (χ4n) is 1.32. The summed E-state index contributed by atoms with van der Waals surface area (Å²) in [6.07, 6.45) is 1.64. The first kappa shape index (κ1) is 18.1. The van der Waals surface area contributed by atoms with Crippen LogP contribution in [0.15, 0.2) is 12.2 Å². The standard InChI is InChI=1S/C14H22O6/c1-10(2)14(18)20-11(3)9-19-13(17)8-6-4-5-7-12(15)16/h11H,1,4-9H2,2-3H3,(H,15,16). The molecule has 0 bridgehead atoms. The van der Waals surface area contributed by atoms with E-state index in [1.807, 2.05) is 0 Å². The lowest BCUT2D eigenvalue weighted by molar-refractivity contribution is -0.155. The van der Waals surface area contributed by atoms with Gasteiger partial charge in [0.1, 0.15) is 12.7 Å². The number of unbranched alkanes of at least 4 members (excludes halogenated alkanes) is 2. The Morgan fingerprint density at radius 1 is 1.15 bits per heavy atom. The highest BCUT2D eigenvalue weighted by Crippen LogP contribution is 2.05. The number of hydrogen-bond donors (Lipinski definition) is 1. The van der Waals surface area contributed by atoms with Crippen molar-refractivity contribution in [3.8, 4) is 0 Å². The monoisotopic (exact) mass is 286 g/mol. The predicted octanol–water partition coefficient (Wildman–Crippen LogP) is 2.07. The van der Waals surface area contributed by atoms with Crippen LogP contribution in [-0.2, 0) is 23.9 Å². The lowest BCUT2D eigenvalue weighted by atomic mass is 10.1. The van der Waals surface area contributed by atoms with E-state index in [1.54, 1.807) is 6.92 Å². The van der Waals surface area contributed by atoms with E-state index >= 15 is 0 Å². The van der Waals surface area contributed by atoms with Gasteiger partial charge in [0.15, 0.2) is 0 Å². The first-order valence-electron chi connectivity index (χ1n) is 6.56. The number of aliphatic carboxylic acids is 1. The van der Waals surface area contributed by atoms with E-state index in [-0.39, 0.29) is 25.4 Å². The zero-order valence-corrected chi connectivity index (χ0v) is 12.0. The van der Waals surface area contributed by atoms with Crippen LogP contribution in [-0.4, -0.2) is 35.7 Å². The summed E-state index contributed by atoms with van der Waals surface area (Å²) in [4.78, 5) is 32.8. The summed E-state index contributed by atoms with van der Waals surface area (Å²) in [5.74, 6) is -1.72. The van der Waals surface area contributed by atoms with Gasteiger partial charge in [-0.05, 0) is 26.7 Å². The molecule has 0 spiro atoms. The normalized spacial score (nSPS) is 11.5. The van der Waals surface area contributed by atoms with Crippen molar-refractivity contribution in [2.75, 3.05) is 6.61 Å². The molecule has 114 valence electrons. The van der Waals surface area contributed by atoms with Gasteiger partial charge in [0.2, 0.25) is 0 Å². The molecule has 0 aliphatic rings. The number of carboxylic acids is 1. The molecule has 0 heterocycles. The van der Waals surface area contributed by atoms with Gasteiger partial charge >= 0.3 is 17.9 Å². The lowest BCUT2D eigenvalue weighted by Gasteiger charge is -2.13. The molecule has 0 aromatic rings. The average Bonchev–Trinajstić information content (AvgIpc) is 2.35. The minimum Gasteiger partial charge on any atom is -0.481 e. The van der Waals surface area contributed by atoms with Crippen molar-refractivity contribution >= 4 is 17.9 Å². The van der Waals surface area contributed by atoms with E-state index in [0.29, 0.717) is 24.8 Å². The fourth-order valence-corrected chi connectivity index (χ4v) is 1.32. The van der Waals surface area contributed by atoms with Crippen LogP contribution < -0.4 is 0 Å². The van der Waals surface area contributed by atoms with Crippen LogP contribution in [0, 0.1) is 0 Å². The molecule has 0 fully saturated rings. The molecule has 0 aliphatic carbocycles. The molecule has 0 aromatic heterocycles. The predicted molar refractivity (Wildman–Crippen MR) is 72.0 cm³/mol. The number of hydrogen-bond acceptors (Lipinski definition) is 5. The Morgan fingerprint density at radius 3 is 2.30 bits per heavy atom. The Hall–Kier alpha value is -1.85. The molecule has 1 unspecified atom stereocenters. The smallest absolute Gasteiger partial charge is 0.333 e. The zero-order valence-electron chi connectivity index (χ0n) is 12.0. The van der Waals surface area contributed by atoms with E-state index < -0.39 is 18.0 Å². The Morgan fingerprint density at radius 2 is 1.75 bits per heavy atom. The molecule has 1 N–H and O–H groups in total. The van der Waals surface area contributed by atoms with E-state index in [0.717, 1.165) is 0 Å². The Labute approximate surface area is 118 Å². The second kappa shape index (κ2) is 10.00. The Balaban J connectivity index is 3.64. The molecule has 0 aliphatic heterocycles. The van der Waals surface area contributed by atoms with E-state index in [1.165, 1.54) is 6.92 Å². The molecular weight excluding hydrogens is 264 g/mol. The minimum absolute atomic E-state index is 0.00692. The van der Waals surface area contributed by atoms with Gasteiger partial charge in [-0.15, -0.1) is 0 Å². The third-order valence-electron chi connectivity index (χ3n) is 2.41. The molecule has 0 aromatic carbocycles. The van der Waals surface area contributed by atoms with E-state index in [4.69, 9.17) is 14.6 Å². The Bertz CT molecular complexity index is 361. The fraction of sp³-hybridized carbons (Fsp3) is 0.643. The van der Waals surface area contributed by atoms with Crippen molar-refractivity contribution in [1.82, 2.24) is 0 Å². The van der Waals surface area contributed by atoms with Crippen LogP contribution in [0.3, 0.4) is 0 Å². The van der Waals surface area contributed by atoms with Crippen LogP contribution >= 0.6 is 0 Å². The van der Waals surface area contributed by atoms with E-state index in [9.17, 15) is 14.4 Å². The summed E-state index contributed by atoms with van der Waals surface area (Å²) in [6, 6.07) is 0.